The second-order valence-corrected chi connectivity index (χ2v) is 5.61. The van der Waals surface area contributed by atoms with Crippen molar-refractivity contribution in [2.24, 2.45) is 0 Å². The maximum atomic E-state index is 13.6. The number of ether oxygens (including phenoxy) is 1. The van der Waals surface area contributed by atoms with E-state index in [1.165, 1.54) is 7.11 Å². The van der Waals surface area contributed by atoms with Crippen LogP contribution in [0.1, 0.15) is 17.3 Å². The van der Waals surface area contributed by atoms with Crippen LogP contribution in [0.3, 0.4) is 0 Å². The van der Waals surface area contributed by atoms with Gasteiger partial charge in [-0.15, -0.1) is 0 Å². The molecule has 106 valence electrons. The molecule has 0 aliphatic rings. The Bertz CT molecular complexity index is 572. The van der Waals surface area contributed by atoms with Gasteiger partial charge in [-0.3, -0.25) is 0 Å². The molecule has 0 aliphatic carbocycles. The lowest BCUT2D eigenvalue weighted by atomic mass is 10.2. The van der Waals surface area contributed by atoms with Gasteiger partial charge in [-0.25, -0.2) is 22.3 Å². The molecule has 1 aromatic rings. The number of methoxy groups -OCH3 is 1. The standard InChI is InChI=1S/C11H14FNO5S/c1-7(6-18-2)13-19(16,17)10-4-3-8(11(14)15)5-9(10)12/h3-5,7,13H,6H2,1-2H3,(H,14,15). The number of carboxylic acid groups (broad SMARTS) is 1. The van der Waals surface area contributed by atoms with E-state index >= 15 is 0 Å². The molecule has 2 N–H and O–H groups in total. The average Bonchev–Trinajstić information content (AvgIpc) is 2.27. The smallest absolute Gasteiger partial charge is 0.335 e. The van der Waals surface area contributed by atoms with Gasteiger partial charge in [-0.1, -0.05) is 0 Å². The van der Waals surface area contributed by atoms with Crippen LogP contribution in [-0.2, 0) is 14.8 Å². The van der Waals surface area contributed by atoms with E-state index in [2.05, 4.69) is 4.72 Å². The number of rotatable bonds is 6. The normalized spacial score (nSPS) is 13.2. The molecular formula is C11H14FNO5S. The first-order valence-electron chi connectivity index (χ1n) is 5.32. The molecule has 19 heavy (non-hydrogen) atoms. The monoisotopic (exact) mass is 291 g/mol. The van der Waals surface area contributed by atoms with Crippen LogP contribution in [0, 0.1) is 5.82 Å². The van der Waals surface area contributed by atoms with E-state index in [9.17, 15) is 17.6 Å². The van der Waals surface area contributed by atoms with Gasteiger partial charge in [0.2, 0.25) is 10.0 Å². The van der Waals surface area contributed by atoms with Crippen molar-refractivity contribution in [3.05, 3.63) is 29.6 Å². The Morgan fingerprint density at radius 2 is 2.16 bits per heavy atom. The summed E-state index contributed by atoms with van der Waals surface area (Å²) in [5.41, 5.74) is -0.318. The van der Waals surface area contributed by atoms with Gasteiger partial charge in [0, 0.05) is 13.2 Å². The molecule has 6 nitrogen and oxygen atoms in total. The molecule has 0 spiro atoms. The Hall–Kier alpha value is -1.51. The third-order valence-electron chi connectivity index (χ3n) is 2.24. The number of halogens is 1. The summed E-state index contributed by atoms with van der Waals surface area (Å²) in [7, 11) is -2.64. The zero-order chi connectivity index (χ0) is 14.6. The minimum absolute atomic E-state index is 0.133. The van der Waals surface area contributed by atoms with Crippen molar-refractivity contribution < 1.29 is 27.4 Å². The zero-order valence-electron chi connectivity index (χ0n) is 10.4. The van der Waals surface area contributed by atoms with Crippen LogP contribution in [-0.4, -0.2) is 39.3 Å². The van der Waals surface area contributed by atoms with Gasteiger partial charge in [0.05, 0.1) is 12.2 Å². The van der Waals surface area contributed by atoms with Crippen LogP contribution < -0.4 is 4.72 Å². The van der Waals surface area contributed by atoms with Crippen LogP contribution in [0.2, 0.25) is 0 Å². The van der Waals surface area contributed by atoms with Crippen molar-refractivity contribution in [1.29, 1.82) is 0 Å². The van der Waals surface area contributed by atoms with Crippen molar-refractivity contribution in [2.75, 3.05) is 13.7 Å². The van der Waals surface area contributed by atoms with Gasteiger partial charge in [0.15, 0.2) is 0 Å². The van der Waals surface area contributed by atoms with Gasteiger partial charge in [0.25, 0.3) is 0 Å². The highest BCUT2D eigenvalue weighted by molar-refractivity contribution is 7.89. The third kappa shape index (κ3) is 3.98. The van der Waals surface area contributed by atoms with E-state index in [4.69, 9.17) is 9.84 Å². The second-order valence-electron chi connectivity index (χ2n) is 3.93. The first kappa shape index (κ1) is 15.5. The summed E-state index contributed by atoms with van der Waals surface area (Å²) in [5.74, 6) is -2.44. The Morgan fingerprint density at radius 1 is 1.53 bits per heavy atom. The first-order valence-corrected chi connectivity index (χ1v) is 6.80. The number of hydrogen-bond donors (Lipinski definition) is 2. The molecule has 1 atom stereocenters. The summed E-state index contributed by atoms with van der Waals surface area (Å²) in [6.45, 7) is 1.69. The van der Waals surface area contributed by atoms with Crippen LogP contribution in [0.25, 0.3) is 0 Å². The van der Waals surface area contributed by atoms with Crippen LogP contribution >= 0.6 is 0 Å². The number of sulfonamides is 1. The van der Waals surface area contributed by atoms with Gasteiger partial charge < -0.3 is 9.84 Å². The molecule has 0 amide bonds. The Morgan fingerprint density at radius 3 is 2.63 bits per heavy atom. The lowest BCUT2D eigenvalue weighted by Crippen LogP contribution is -2.36. The van der Waals surface area contributed by atoms with Crippen molar-refractivity contribution in [3.63, 3.8) is 0 Å². The Kier molecular flexibility index (Phi) is 4.98. The highest BCUT2D eigenvalue weighted by Gasteiger charge is 2.22. The van der Waals surface area contributed by atoms with Gasteiger partial charge in [-0.05, 0) is 25.1 Å². The molecule has 0 fully saturated rings. The quantitative estimate of drug-likeness (QED) is 0.810. The van der Waals surface area contributed by atoms with E-state index in [-0.39, 0.29) is 12.2 Å². The largest absolute Gasteiger partial charge is 0.478 e. The lowest BCUT2D eigenvalue weighted by molar-refractivity contribution is 0.0696. The number of hydrogen-bond acceptors (Lipinski definition) is 4. The van der Waals surface area contributed by atoms with E-state index in [1.54, 1.807) is 6.92 Å². The van der Waals surface area contributed by atoms with Crippen LogP contribution in [0.4, 0.5) is 4.39 Å². The summed E-state index contributed by atoms with van der Waals surface area (Å²) in [6.07, 6.45) is 0. The van der Waals surface area contributed by atoms with Crippen LogP contribution in [0.5, 0.6) is 0 Å². The molecule has 0 aliphatic heterocycles. The fourth-order valence-corrected chi connectivity index (χ4v) is 2.75. The molecule has 0 saturated heterocycles. The van der Waals surface area contributed by atoms with E-state index < -0.39 is 32.7 Å². The van der Waals surface area contributed by atoms with E-state index in [0.29, 0.717) is 6.07 Å². The summed E-state index contributed by atoms with van der Waals surface area (Å²) in [6, 6.07) is 2.08. The molecule has 8 heteroatoms. The molecule has 0 aromatic heterocycles. The number of carbonyl (C=O) groups is 1. The number of nitrogens with one attached hydrogen (secondary N) is 1. The van der Waals surface area contributed by atoms with Crippen LogP contribution in [0.15, 0.2) is 23.1 Å². The topological polar surface area (TPSA) is 92.7 Å². The summed E-state index contributed by atoms with van der Waals surface area (Å²) in [5, 5.41) is 8.67. The average molecular weight is 291 g/mol. The highest BCUT2D eigenvalue weighted by atomic mass is 32.2. The van der Waals surface area contributed by atoms with Crippen molar-refractivity contribution in [1.82, 2.24) is 4.72 Å². The number of carboxylic acids is 1. The van der Waals surface area contributed by atoms with Gasteiger partial charge in [0.1, 0.15) is 10.7 Å². The Labute approximate surface area is 110 Å². The predicted molar refractivity (Wildman–Crippen MR) is 65.0 cm³/mol. The SMILES string of the molecule is COCC(C)NS(=O)(=O)c1ccc(C(=O)O)cc1F. The molecule has 0 radical (unpaired) electrons. The first-order chi connectivity index (χ1) is 8.77. The van der Waals surface area contributed by atoms with E-state index in [1.807, 2.05) is 0 Å². The van der Waals surface area contributed by atoms with E-state index in [0.717, 1.165) is 12.1 Å². The summed E-state index contributed by atoms with van der Waals surface area (Å²) < 4.78 is 44.3. The number of benzene rings is 1. The molecule has 0 bridgehead atoms. The third-order valence-corrected chi connectivity index (χ3v) is 3.86. The fourth-order valence-electron chi connectivity index (χ4n) is 1.46. The van der Waals surface area contributed by atoms with Crippen molar-refractivity contribution >= 4 is 16.0 Å². The second kappa shape index (κ2) is 6.09. The molecule has 1 aromatic carbocycles. The predicted octanol–water partition coefficient (Wildman–Crippen LogP) is 0.837. The maximum Gasteiger partial charge on any atom is 0.335 e. The van der Waals surface area contributed by atoms with Crippen molar-refractivity contribution in [2.45, 2.75) is 17.9 Å². The van der Waals surface area contributed by atoms with Gasteiger partial charge in [-0.2, -0.15) is 0 Å². The maximum absolute atomic E-state index is 13.6. The molecule has 0 saturated carbocycles. The lowest BCUT2D eigenvalue weighted by Gasteiger charge is -2.13. The molecule has 1 unspecified atom stereocenters. The minimum atomic E-state index is -4.05. The zero-order valence-corrected chi connectivity index (χ0v) is 11.2. The molecular weight excluding hydrogens is 277 g/mol. The van der Waals surface area contributed by atoms with Crippen molar-refractivity contribution in [3.8, 4) is 0 Å². The minimum Gasteiger partial charge on any atom is -0.478 e. The number of aromatic carboxylic acids is 1. The summed E-state index contributed by atoms with van der Waals surface area (Å²) in [4.78, 5) is 10.0. The Balaban J connectivity index is 3.05. The highest BCUT2D eigenvalue weighted by Crippen LogP contribution is 2.16. The molecule has 1 rings (SSSR count). The fraction of sp³-hybridized carbons (Fsp3) is 0.364. The van der Waals surface area contributed by atoms with Gasteiger partial charge >= 0.3 is 5.97 Å². The summed E-state index contributed by atoms with van der Waals surface area (Å²) >= 11 is 0. The molecule has 0 heterocycles.